The van der Waals surface area contributed by atoms with Crippen LogP contribution in [-0.2, 0) is 6.42 Å². The highest BCUT2D eigenvalue weighted by atomic mass is 32.1. The van der Waals surface area contributed by atoms with Crippen LogP contribution in [0.1, 0.15) is 30.3 Å². The molecular weight excluding hydrogens is 313 g/mol. The van der Waals surface area contributed by atoms with Crippen molar-refractivity contribution >= 4 is 11.3 Å². The second-order valence-corrected chi connectivity index (χ2v) is 6.18. The van der Waals surface area contributed by atoms with Crippen molar-refractivity contribution in [1.29, 1.82) is 0 Å². The number of H-pyrrole nitrogens is 1. The molecule has 0 aliphatic heterocycles. The fraction of sp³-hybridized carbons (Fsp3) is 0.312. The van der Waals surface area contributed by atoms with Crippen LogP contribution in [0.5, 0.6) is 0 Å². The number of aromatic nitrogens is 4. The van der Waals surface area contributed by atoms with Gasteiger partial charge in [-0.15, -0.1) is 11.3 Å². The van der Waals surface area contributed by atoms with Gasteiger partial charge in [-0.05, 0) is 26.0 Å². The van der Waals surface area contributed by atoms with Crippen molar-refractivity contribution in [2.75, 3.05) is 6.54 Å². The van der Waals surface area contributed by atoms with Crippen molar-refractivity contribution in [2.24, 2.45) is 0 Å². The van der Waals surface area contributed by atoms with E-state index in [1.807, 2.05) is 25.3 Å². The van der Waals surface area contributed by atoms with E-state index in [-0.39, 0.29) is 11.9 Å². The number of aryl methyl sites for hydroxylation is 1. The molecule has 2 aromatic heterocycles. The first-order valence-corrected chi connectivity index (χ1v) is 8.33. The lowest BCUT2D eigenvalue weighted by Gasteiger charge is -2.10. The molecule has 23 heavy (non-hydrogen) atoms. The van der Waals surface area contributed by atoms with Crippen LogP contribution < -0.4 is 5.32 Å². The minimum absolute atomic E-state index is 0.0896. The first-order chi connectivity index (χ1) is 11.1. The Hall–Kier alpha value is -2.12. The molecule has 0 amide bonds. The fourth-order valence-electron chi connectivity index (χ4n) is 2.25. The molecule has 2 heterocycles. The summed E-state index contributed by atoms with van der Waals surface area (Å²) in [6.45, 7) is 4.68. The maximum absolute atomic E-state index is 13.8. The standard InChI is InChI=1S/C16H18FN5S/c1-10(18-8-7-15-19-11(2)21-22-15)14-9-23-16(20-14)12-5-3-4-6-13(12)17/h3-6,9-10,18H,7-8H2,1-2H3,(H,19,21,22). The first kappa shape index (κ1) is 15.8. The number of rotatable bonds is 6. The summed E-state index contributed by atoms with van der Waals surface area (Å²) in [6, 6.07) is 6.80. The topological polar surface area (TPSA) is 66.5 Å². The molecule has 120 valence electrons. The minimum atomic E-state index is -0.242. The number of nitrogens with one attached hydrogen (secondary N) is 2. The summed E-state index contributed by atoms with van der Waals surface area (Å²) in [4.78, 5) is 8.82. The average molecular weight is 331 g/mol. The second kappa shape index (κ2) is 6.97. The number of halogens is 1. The summed E-state index contributed by atoms with van der Waals surface area (Å²) in [5, 5.41) is 13.0. The molecule has 1 atom stereocenters. The molecule has 7 heteroatoms. The summed E-state index contributed by atoms with van der Waals surface area (Å²) >= 11 is 1.46. The van der Waals surface area contributed by atoms with Crippen molar-refractivity contribution in [3.05, 3.63) is 52.8 Å². The molecule has 0 saturated carbocycles. The van der Waals surface area contributed by atoms with Crippen LogP contribution in [0.4, 0.5) is 4.39 Å². The van der Waals surface area contributed by atoms with Gasteiger partial charge in [0, 0.05) is 30.0 Å². The Kier molecular flexibility index (Phi) is 4.78. The Morgan fingerprint density at radius 1 is 1.30 bits per heavy atom. The van der Waals surface area contributed by atoms with E-state index in [2.05, 4.69) is 25.5 Å². The van der Waals surface area contributed by atoms with E-state index in [4.69, 9.17) is 0 Å². The van der Waals surface area contributed by atoms with E-state index in [0.717, 1.165) is 30.3 Å². The predicted octanol–water partition coefficient (Wildman–Crippen LogP) is 3.27. The van der Waals surface area contributed by atoms with E-state index in [1.165, 1.54) is 17.4 Å². The molecule has 0 saturated heterocycles. The molecule has 2 N–H and O–H groups in total. The Morgan fingerprint density at radius 3 is 2.87 bits per heavy atom. The summed E-state index contributed by atoms with van der Waals surface area (Å²) in [5.74, 6) is 1.38. The van der Waals surface area contributed by atoms with Gasteiger partial charge in [0.05, 0.1) is 5.69 Å². The van der Waals surface area contributed by atoms with Gasteiger partial charge in [0.1, 0.15) is 16.6 Å². The van der Waals surface area contributed by atoms with E-state index in [9.17, 15) is 4.39 Å². The van der Waals surface area contributed by atoms with Gasteiger partial charge in [-0.3, -0.25) is 5.10 Å². The molecule has 1 aromatic carbocycles. The van der Waals surface area contributed by atoms with Gasteiger partial charge in [0.25, 0.3) is 0 Å². The van der Waals surface area contributed by atoms with Gasteiger partial charge in [-0.1, -0.05) is 12.1 Å². The SMILES string of the molecule is Cc1nc(CCNC(C)c2csc(-c3ccccc3F)n2)n[nH]1. The zero-order valence-corrected chi connectivity index (χ0v) is 13.8. The third kappa shape index (κ3) is 3.80. The predicted molar refractivity (Wildman–Crippen MR) is 88.7 cm³/mol. The van der Waals surface area contributed by atoms with Crippen LogP contribution in [0, 0.1) is 12.7 Å². The number of thiazole rings is 1. The van der Waals surface area contributed by atoms with E-state index >= 15 is 0 Å². The van der Waals surface area contributed by atoms with Crippen LogP contribution in [-0.4, -0.2) is 26.7 Å². The largest absolute Gasteiger partial charge is 0.308 e. The van der Waals surface area contributed by atoms with Crippen molar-refractivity contribution in [2.45, 2.75) is 26.3 Å². The number of benzene rings is 1. The zero-order chi connectivity index (χ0) is 16.2. The number of nitrogens with zero attached hydrogens (tertiary/aromatic N) is 3. The van der Waals surface area contributed by atoms with Crippen LogP contribution in [0.2, 0.25) is 0 Å². The third-order valence-corrected chi connectivity index (χ3v) is 4.41. The molecule has 0 radical (unpaired) electrons. The van der Waals surface area contributed by atoms with E-state index < -0.39 is 0 Å². The quantitative estimate of drug-likeness (QED) is 0.727. The lowest BCUT2D eigenvalue weighted by molar-refractivity contribution is 0.561. The molecule has 3 aromatic rings. The van der Waals surface area contributed by atoms with Gasteiger partial charge in [0.2, 0.25) is 0 Å². The highest BCUT2D eigenvalue weighted by Crippen LogP contribution is 2.28. The average Bonchev–Trinajstić information content (AvgIpc) is 3.17. The maximum atomic E-state index is 13.8. The van der Waals surface area contributed by atoms with Gasteiger partial charge in [-0.2, -0.15) is 5.10 Å². The van der Waals surface area contributed by atoms with Crippen LogP contribution >= 0.6 is 11.3 Å². The molecule has 1 unspecified atom stereocenters. The monoisotopic (exact) mass is 331 g/mol. The van der Waals surface area contributed by atoms with Crippen LogP contribution in [0.25, 0.3) is 10.6 Å². The molecule has 5 nitrogen and oxygen atoms in total. The summed E-state index contributed by atoms with van der Waals surface area (Å²) in [5.41, 5.74) is 1.46. The molecule has 0 aliphatic rings. The second-order valence-electron chi connectivity index (χ2n) is 5.32. The van der Waals surface area contributed by atoms with Crippen LogP contribution in [0.3, 0.4) is 0 Å². The lowest BCUT2D eigenvalue weighted by Crippen LogP contribution is -2.22. The van der Waals surface area contributed by atoms with Crippen molar-refractivity contribution in [1.82, 2.24) is 25.5 Å². The normalized spacial score (nSPS) is 12.5. The summed E-state index contributed by atoms with van der Waals surface area (Å²) < 4.78 is 13.8. The Bertz CT molecular complexity index is 782. The van der Waals surface area contributed by atoms with Gasteiger partial charge < -0.3 is 5.32 Å². The summed E-state index contributed by atoms with van der Waals surface area (Å²) in [6.07, 6.45) is 0.749. The lowest BCUT2D eigenvalue weighted by atomic mass is 10.2. The fourth-order valence-corrected chi connectivity index (χ4v) is 3.19. The van der Waals surface area contributed by atoms with Crippen molar-refractivity contribution < 1.29 is 4.39 Å². The Morgan fingerprint density at radius 2 is 2.13 bits per heavy atom. The third-order valence-electron chi connectivity index (χ3n) is 3.51. The Balaban J connectivity index is 1.60. The van der Waals surface area contributed by atoms with Gasteiger partial charge >= 0.3 is 0 Å². The maximum Gasteiger partial charge on any atom is 0.151 e. The highest BCUT2D eigenvalue weighted by molar-refractivity contribution is 7.13. The van der Waals surface area contributed by atoms with Crippen molar-refractivity contribution in [3.8, 4) is 10.6 Å². The minimum Gasteiger partial charge on any atom is -0.308 e. The first-order valence-electron chi connectivity index (χ1n) is 7.45. The molecule has 0 aliphatic carbocycles. The van der Waals surface area contributed by atoms with Gasteiger partial charge in [-0.25, -0.2) is 14.4 Å². The number of aromatic amines is 1. The number of hydrogen-bond acceptors (Lipinski definition) is 5. The molecule has 0 fully saturated rings. The molecule has 3 rings (SSSR count). The van der Waals surface area contributed by atoms with Crippen molar-refractivity contribution in [3.63, 3.8) is 0 Å². The molecule has 0 spiro atoms. The Labute approximate surface area is 138 Å². The van der Waals surface area contributed by atoms with E-state index in [0.29, 0.717) is 10.6 Å². The molecular formula is C16H18FN5S. The van der Waals surface area contributed by atoms with Crippen LogP contribution in [0.15, 0.2) is 29.6 Å². The summed E-state index contributed by atoms with van der Waals surface area (Å²) in [7, 11) is 0. The number of hydrogen-bond donors (Lipinski definition) is 2. The smallest absolute Gasteiger partial charge is 0.151 e. The highest BCUT2D eigenvalue weighted by Gasteiger charge is 2.13. The van der Waals surface area contributed by atoms with E-state index in [1.54, 1.807) is 12.1 Å². The van der Waals surface area contributed by atoms with Gasteiger partial charge in [0.15, 0.2) is 5.82 Å². The zero-order valence-electron chi connectivity index (χ0n) is 13.0. The molecule has 0 bridgehead atoms.